The fourth-order valence-electron chi connectivity index (χ4n) is 3.93. The van der Waals surface area contributed by atoms with Crippen LogP contribution in [0.4, 0.5) is 11.4 Å². The summed E-state index contributed by atoms with van der Waals surface area (Å²) in [7, 11) is 0. The van der Waals surface area contributed by atoms with Gasteiger partial charge in [0.05, 0.1) is 11.0 Å². The van der Waals surface area contributed by atoms with Crippen molar-refractivity contribution in [2.24, 2.45) is 5.92 Å². The number of aromatic amines is 1. The van der Waals surface area contributed by atoms with Crippen LogP contribution >= 0.6 is 0 Å². The van der Waals surface area contributed by atoms with Gasteiger partial charge in [-0.1, -0.05) is 30.3 Å². The van der Waals surface area contributed by atoms with Crippen LogP contribution in [0.2, 0.25) is 0 Å². The fourth-order valence-corrected chi connectivity index (χ4v) is 3.93. The lowest BCUT2D eigenvalue weighted by atomic mass is 10.1. The van der Waals surface area contributed by atoms with Crippen LogP contribution in [-0.4, -0.2) is 21.8 Å². The Morgan fingerprint density at radius 1 is 0.935 bits per heavy atom. The van der Waals surface area contributed by atoms with Crippen molar-refractivity contribution in [3.63, 3.8) is 0 Å². The van der Waals surface area contributed by atoms with Crippen molar-refractivity contribution in [1.29, 1.82) is 0 Å². The molecule has 1 aliphatic carbocycles. The molecule has 3 N–H and O–H groups in total. The van der Waals surface area contributed by atoms with Crippen molar-refractivity contribution in [2.45, 2.75) is 19.3 Å². The van der Waals surface area contributed by atoms with Gasteiger partial charge in [0.1, 0.15) is 5.82 Å². The molecule has 2 amide bonds. The third-order valence-electron chi connectivity index (χ3n) is 5.58. The van der Waals surface area contributed by atoms with Gasteiger partial charge >= 0.3 is 0 Å². The van der Waals surface area contributed by atoms with Gasteiger partial charge in [0.15, 0.2) is 0 Å². The van der Waals surface area contributed by atoms with E-state index < -0.39 is 0 Å². The Kier molecular flexibility index (Phi) is 4.75. The van der Waals surface area contributed by atoms with E-state index >= 15 is 0 Å². The minimum Gasteiger partial charge on any atom is -0.338 e. The second-order valence-corrected chi connectivity index (χ2v) is 7.92. The van der Waals surface area contributed by atoms with E-state index in [-0.39, 0.29) is 17.7 Å². The summed E-state index contributed by atoms with van der Waals surface area (Å²) in [6.07, 6.45) is 0.890. The third-order valence-corrected chi connectivity index (χ3v) is 5.58. The molecule has 1 fully saturated rings. The summed E-state index contributed by atoms with van der Waals surface area (Å²) in [6, 6.07) is 23.4. The van der Waals surface area contributed by atoms with Gasteiger partial charge in [0, 0.05) is 29.8 Å². The zero-order chi connectivity index (χ0) is 21.4. The Hall–Kier alpha value is -3.93. The number of fused-ring (bicyclic) bond motifs is 1. The van der Waals surface area contributed by atoms with Crippen molar-refractivity contribution >= 4 is 34.2 Å². The number of nitrogens with zero attached hydrogens (tertiary/aromatic N) is 1. The van der Waals surface area contributed by atoms with Gasteiger partial charge in [0.25, 0.3) is 0 Å². The van der Waals surface area contributed by atoms with Crippen molar-refractivity contribution in [3.8, 4) is 11.4 Å². The molecule has 154 valence electrons. The molecule has 0 aliphatic heterocycles. The first-order valence-electron chi connectivity index (χ1n) is 10.3. The largest absolute Gasteiger partial charge is 0.338 e. The molecule has 6 heteroatoms. The Balaban J connectivity index is 1.30. The smallest absolute Gasteiger partial charge is 0.228 e. The van der Waals surface area contributed by atoms with Crippen LogP contribution in [0, 0.1) is 5.92 Å². The topological polar surface area (TPSA) is 86.9 Å². The summed E-state index contributed by atoms with van der Waals surface area (Å²) in [6.45, 7) is 1.48. The number of hydrogen-bond acceptors (Lipinski definition) is 3. The van der Waals surface area contributed by atoms with Gasteiger partial charge in [-0.15, -0.1) is 0 Å². The lowest BCUT2D eigenvalue weighted by Crippen LogP contribution is -2.14. The molecule has 0 radical (unpaired) electrons. The molecule has 1 saturated carbocycles. The molecule has 1 aromatic heterocycles. The zero-order valence-electron chi connectivity index (χ0n) is 17.1. The van der Waals surface area contributed by atoms with Crippen molar-refractivity contribution in [2.75, 3.05) is 10.6 Å². The Morgan fingerprint density at radius 3 is 2.42 bits per heavy atom. The number of aromatic nitrogens is 2. The van der Waals surface area contributed by atoms with Gasteiger partial charge in [-0.05, 0) is 60.4 Å². The summed E-state index contributed by atoms with van der Waals surface area (Å²) in [4.78, 5) is 31.8. The van der Waals surface area contributed by atoms with E-state index in [1.807, 2.05) is 60.7 Å². The highest BCUT2D eigenvalue weighted by Gasteiger charge is 2.43. The average Bonchev–Trinajstić information content (AvgIpc) is 3.47. The number of benzene rings is 3. The van der Waals surface area contributed by atoms with Crippen molar-refractivity contribution in [3.05, 3.63) is 78.4 Å². The number of hydrogen-bond donors (Lipinski definition) is 3. The minimum atomic E-state index is -0.104. The quantitative estimate of drug-likeness (QED) is 0.436. The van der Waals surface area contributed by atoms with Crippen LogP contribution in [-0.2, 0) is 9.59 Å². The summed E-state index contributed by atoms with van der Waals surface area (Å²) < 4.78 is 0. The van der Waals surface area contributed by atoms with E-state index in [9.17, 15) is 9.59 Å². The number of nitrogens with one attached hydrogen (secondary N) is 3. The first-order valence-corrected chi connectivity index (χ1v) is 10.3. The third kappa shape index (κ3) is 4.05. The first-order chi connectivity index (χ1) is 15.1. The highest BCUT2D eigenvalue weighted by Crippen LogP contribution is 2.47. The monoisotopic (exact) mass is 410 g/mol. The van der Waals surface area contributed by atoms with E-state index in [2.05, 4.69) is 32.7 Å². The van der Waals surface area contributed by atoms with E-state index in [1.165, 1.54) is 12.5 Å². The van der Waals surface area contributed by atoms with Gasteiger partial charge in [-0.2, -0.15) is 0 Å². The van der Waals surface area contributed by atoms with Gasteiger partial charge in [-0.3, -0.25) is 9.59 Å². The Labute approximate surface area is 179 Å². The Morgan fingerprint density at radius 2 is 1.68 bits per heavy atom. The van der Waals surface area contributed by atoms with Crippen LogP contribution < -0.4 is 10.6 Å². The van der Waals surface area contributed by atoms with E-state index in [4.69, 9.17) is 0 Å². The number of carbonyl (C=O) groups excluding carboxylic acids is 2. The normalized spacial score (nSPS) is 17.3. The highest BCUT2D eigenvalue weighted by atomic mass is 16.2. The van der Waals surface area contributed by atoms with Crippen LogP contribution in [0.1, 0.15) is 24.8 Å². The summed E-state index contributed by atoms with van der Waals surface area (Å²) in [5.74, 6) is 1.02. The second kappa shape index (κ2) is 7.72. The van der Waals surface area contributed by atoms with Crippen LogP contribution in [0.3, 0.4) is 0 Å². The standard InChI is InChI=1S/C25H22N4O2/c1-15(30)26-18-9-7-17(8-10-18)24-28-22-12-11-19(13-23(22)29-24)27-25(31)21-14-20(21)16-5-3-2-4-6-16/h2-13,20-21H,14H2,1H3,(H,26,30)(H,27,31)(H,28,29)/t20-,21+/m0/s1. The minimum absolute atomic E-state index is 0.0255. The van der Waals surface area contributed by atoms with Crippen LogP contribution in [0.25, 0.3) is 22.4 Å². The molecule has 0 unspecified atom stereocenters. The van der Waals surface area contributed by atoms with Gasteiger partial charge < -0.3 is 15.6 Å². The number of amides is 2. The summed E-state index contributed by atoms with van der Waals surface area (Å²) >= 11 is 0. The molecule has 4 aromatic rings. The molecule has 0 saturated heterocycles. The summed E-state index contributed by atoms with van der Waals surface area (Å²) in [5, 5.41) is 5.80. The van der Waals surface area contributed by atoms with E-state index in [1.54, 1.807) is 0 Å². The van der Waals surface area contributed by atoms with Crippen molar-refractivity contribution < 1.29 is 9.59 Å². The molecule has 0 spiro atoms. The number of anilines is 2. The Bertz CT molecular complexity index is 1260. The molecule has 31 heavy (non-hydrogen) atoms. The SMILES string of the molecule is CC(=O)Nc1ccc(-c2nc3ccc(NC(=O)[C@@H]4C[C@H]4c4ccccc4)cc3[nH]2)cc1. The zero-order valence-corrected chi connectivity index (χ0v) is 17.1. The lowest BCUT2D eigenvalue weighted by molar-refractivity contribution is -0.117. The van der Waals surface area contributed by atoms with Crippen molar-refractivity contribution in [1.82, 2.24) is 9.97 Å². The van der Waals surface area contributed by atoms with E-state index in [0.717, 1.165) is 40.2 Å². The van der Waals surface area contributed by atoms with Gasteiger partial charge in [0.2, 0.25) is 11.8 Å². The molecule has 0 bridgehead atoms. The van der Waals surface area contributed by atoms with Crippen LogP contribution in [0.5, 0.6) is 0 Å². The molecule has 1 aliphatic rings. The molecule has 5 rings (SSSR count). The summed E-state index contributed by atoms with van der Waals surface area (Å²) in [5.41, 5.74) is 5.32. The lowest BCUT2D eigenvalue weighted by Gasteiger charge is -2.05. The average molecular weight is 410 g/mol. The highest BCUT2D eigenvalue weighted by molar-refractivity contribution is 5.97. The molecule has 1 heterocycles. The number of imidazole rings is 1. The number of H-pyrrole nitrogens is 1. The maximum atomic E-state index is 12.7. The molecule has 6 nitrogen and oxygen atoms in total. The number of rotatable bonds is 5. The second-order valence-electron chi connectivity index (χ2n) is 7.92. The predicted molar refractivity (Wildman–Crippen MR) is 122 cm³/mol. The maximum Gasteiger partial charge on any atom is 0.228 e. The van der Waals surface area contributed by atoms with E-state index in [0.29, 0.717) is 5.92 Å². The maximum absolute atomic E-state index is 12.7. The molecule has 2 atom stereocenters. The fraction of sp³-hybridized carbons (Fsp3) is 0.160. The first kappa shape index (κ1) is 19.1. The predicted octanol–water partition coefficient (Wildman–Crippen LogP) is 4.93. The molecular formula is C25H22N4O2. The molecule has 3 aromatic carbocycles. The molecular weight excluding hydrogens is 388 g/mol. The van der Waals surface area contributed by atoms with Crippen LogP contribution in [0.15, 0.2) is 72.8 Å². The number of carbonyl (C=O) groups is 2. The van der Waals surface area contributed by atoms with Gasteiger partial charge in [-0.25, -0.2) is 4.98 Å².